The molecule has 0 bridgehead atoms. The van der Waals surface area contributed by atoms with Gasteiger partial charge in [-0.2, -0.15) is 4.98 Å². The Labute approximate surface area is 137 Å². The van der Waals surface area contributed by atoms with Crippen molar-refractivity contribution in [3.63, 3.8) is 0 Å². The van der Waals surface area contributed by atoms with Crippen LogP contribution in [0.2, 0.25) is 0 Å². The van der Waals surface area contributed by atoms with Gasteiger partial charge in [-0.1, -0.05) is 19.9 Å². The lowest BCUT2D eigenvalue weighted by Gasteiger charge is -2.21. The number of nitrogens with one attached hydrogen (secondary N) is 2. The van der Waals surface area contributed by atoms with Crippen molar-refractivity contribution in [2.24, 2.45) is 5.92 Å². The molecule has 2 aromatic rings. The third-order valence-electron chi connectivity index (χ3n) is 3.41. The van der Waals surface area contributed by atoms with E-state index in [0.717, 1.165) is 17.2 Å². The first-order valence-electron chi connectivity index (χ1n) is 7.94. The smallest absolute Gasteiger partial charge is 0.225 e. The topological polar surface area (TPSA) is 83.0 Å². The van der Waals surface area contributed by atoms with Crippen molar-refractivity contribution in [2.75, 3.05) is 17.2 Å². The molecule has 124 valence electrons. The first-order chi connectivity index (χ1) is 11.0. The molecule has 0 unspecified atom stereocenters. The van der Waals surface area contributed by atoms with E-state index in [1.54, 1.807) is 6.20 Å². The number of nitrogens with zero attached hydrogens (tertiary/aromatic N) is 3. The molecular formula is C17H25N5O. The van der Waals surface area contributed by atoms with Gasteiger partial charge in [-0.25, -0.2) is 4.98 Å². The number of anilines is 2. The fourth-order valence-corrected chi connectivity index (χ4v) is 2.12. The van der Waals surface area contributed by atoms with Crippen LogP contribution in [0.4, 0.5) is 11.8 Å². The lowest BCUT2D eigenvalue weighted by Crippen LogP contribution is -2.30. The molecule has 6 heteroatoms. The monoisotopic (exact) mass is 315 g/mol. The minimum Gasteiger partial charge on any atom is -0.394 e. The molecule has 0 aliphatic heterocycles. The number of rotatable bonds is 7. The fourth-order valence-electron chi connectivity index (χ4n) is 2.12. The van der Waals surface area contributed by atoms with Gasteiger partial charge in [-0.3, -0.25) is 4.98 Å². The summed E-state index contributed by atoms with van der Waals surface area (Å²) in [7, 11) is 0. The maximum Gasteiger partial charge on any atom is 0.225 e. The summed E-state index contributed by atoms with van der Waals surface area (Å²) in [5.41, 5.74) is 1.53. The second-order valence-electron chi connectivity index (χ2n) is 6.15. The molecule has 2 aromatic heterocycles. The van der Waals surface area contributed by atoms with Crippen molar-refractivity contribution in [3.8, 4) is 11.4 Å². The van der Waals surface area contributed by atoms with Crippen LogP contribution in [-0.2, 0) is 0 Å². The normalized spacial score (nSPS) is 12.5. The predicted octanol–water partition coefficient (Wildman–Crippen LogP) is 2.79. The van der Waals surface area contributed by atoms with Crippen molar-refractivity contribution in [2.45, 2.75) is 39.8 Å². The van der Waals surface area contributed by atoms with Crippen molar-refractivity contribution in [3.05, 3.63) is 30.5 Å². The number of hydrogen-bond acceptors (Lipinski definition) is 6. The van der Waals surface area contributed by atoms with E-state index in [1.807, 2.05) is 38.1 Å². The highest BCUT2D eigenvalue weighted by atomic mass is 16.3. The third-order valence-corrected chi connectivity index (χ3v) is 3.41. The molecule has 0 saturated carbocycles. The van der Waals surface area contributed by atoms with Gasteiger partial charge in [0, 0.05) is 18.3 Å². The fraction of sp³-hybridized carbons (Fsp3) is 0.471. The van der Waals surface area contributed by atoms with Crippen molar-refractivity contribution < 1.29 is 5.11 Å². The van der Waals surface area contributed by atoms with E-state index < -0.39 is 0 Å². The molecule has 0 aromatic carbocycles. The zero-order valence-corrected chi connectivity index (χ0v) is 14.1. The lowest BCUT2D eigenvalue weighted by atomic mass is 10.1. The average Bonchev–Trinajstić information content (AvgIpc) is 2.52. The first-order valence-corrected chi connectivity index (χ1v) is 7.94. The van der Waals surface area contributed by atoms with Crippen LogP contribution < -0.4 is 10.6 Å². The van der Waals surface area contributed by atoms with Crippen LogP contribution >= 0.6 is 0 Å². The lowest BCUT2D eigenvalue weighted by molar-refractivity contribution is 0.248. The van der Waals surface area contributed by atoms with Crippen LogP contribution in [0, 0.1) is 5.92 Å². The van der Waals surface area contributed by atoms with Gasteiger partial charge in [0.15, 0.2) is 0 Å². The Bertz CT molecular complexity index is 616. The quantitative estimate of drug-likeness (QED) is 0.729. The van der Waals surface area contributed by atoms with Gasteiger partial charge in [-0.05, 0) is 31.9 Å². The van der Waals surface area contributed by atoms with Crippen LogP contribution in [0.1, 0.15) is 27.7 Å². The molecule has 0 amide bonds. The van der Waals surface area contributed by atoms with Crippen molar-refractivity contribution >= 4 is 11.8 Å². The highest BCUT2D eigenvalue weighted by Crippen LogP contribution is 2.21. The molecule has 3 N–H and O–H groups in total. The highest BCUT2D eigenvalue weighted by molar-refractivity contribution is 5.61. The number of hydrogen-bond donors (Lipinski definition) is 3. The summed E-state index contributed by atoms with van der Waals surface area (Å²) in [6.45, 7) is 8.23. The van der Waals surface area contributed by atoms with Gasteiger partial charge in [0.1, 0.15) is 5.82 Å². The standard InChI is InChI=1S/C17H25N5O/c1-11(2)15(10-23)21-17-20-14(13-7-5-6-8-18-13)9-16(22-17)19-12(3)4/h5-9,11-12,15,23H,10H2,1-4H3,(H2,19,20,21,22)/t15-/m1/s1. The highest BCUT2D eigenvalue weighted by Gasteiger charge is 2.15. The van der Waals surface area contributed by atoms with Crippen LogP contribution in [0.25, 0.3) is 11.4 Å². The zero-order valence-electron chi connectivity index (χ0n) is 14.1. The molecule has 1 atom stereocenters. The molecule has 0 aliphatic rings. The third kappa shape index (κ3) is 4.89. The van der Waals surface area contributed by atoms with Gasteiger partial charge in [0.05, 0.1) is 24.0 Å². The van der Waals surface area contributed by atoms with E-state index in [2.05, 4.69) is 39.4 Å². The number of aliphatic hydroxyl groups excluding tert-OH is 1. The van der Waals surface area contributed by atoms with Gasteiger partial charge in [0.2, 0.25) is 5.95 Å². The van der Waals surface area contributed by atoms with Crippen molar-refractivity contribution in [1.82, 2.24) is 15.0 Å². The number of aliphatic hydroxyl groups is 1. The first kappa shape index (κ1) is 17.1. The van der Waals surface area contributed by atoms with Gasteiger partial charge in [0.25, 0.3) is 0 Å². The molecule has 2 rings (SSSR count). The Morgan fingerprint density at radius 2 is 1.83 bits per heavy atom. The number of aromatic nitrogens is 3. The van der Waals surface area contributed by atoms with Crippen LogP contribution in [0.15, 0.2) is 30.5 Å². The van der Waals surface area contributed by atoms with Gasteiger partial charge >= 0.3 is 0 Å². The molecule has 0 spiro atoms. The Morgan fingerprint density at radius 1 is 1.04 bits per heavy atom. The van der Waals surface area contributed by atoms with E-state index in [1.165, 1.54) is 0 Å². The summed E-state index contributed by atoms with van der Waals surface area (Å²) < 4.78 is 0. The molecule has 6 nitrogen and oxygen atoms in total. The van der Waals surface area contributed by atoms with E-state index in [-0.39, 0.29) is 24.6 Å². The summed E-state index contributed by atoms with van der Waals surface area (Å²) in [5.74, 6) is 1.49. The molecule has 0 radical (unpaired) electrons. The second kappa shape index (κ2) is 7.87. The maximum atomic E-state index is 9.51. The van der Waals surface area contributed by atoms with Crippen LogP contribution in [0.3, 0.4) is 0 Å². The Morgan fingerprint density at radius 3 is 2.39 bits per heavy atom. The summed E-state index contributed by atoms with van der Waals surface area (Å²) in [5, 5.41) is 16.0. The Hall–Kier alpha value is -2.21. The summed E-state index contributed by atoms with van der Waals surface area (Å²) in [4.78, 5) is 13.4. The molecular weight excluding hydrogens is 290 g/mol. The molecule has 23 heavy (non-hydrogen) atoms. The van der Waals surface area contributed by atoms with Gasteiger partial charge < -0.3 is 15.7 Å². The molecule has 2 heterocycles. The zero-order chi connectivity index (χ0) is 16.8. The number of pyridine rings is 1. The van der Waals surface area contributed by atoms with Crippen LogP contribution in [-0.4, -0.2) is 38.7 Å². The minimum atomic E-state index is -0.0964. The average molecular weight is 315 g/mol. The van der Waals surface area contributed by atoms with E-state index in [9.17, 15) is 5.11 Å². The second-order valence-corrected chi connectivity index (χ2v) is 6.15. The van der Waals surface area contributed by atoms with E-state index >= 15 is 0 Å². The van der Waals surface area contributed by atoms with Crippen molar-refractivity contribution in [1.29, 1.82) is 0 Å². The maximum absolute atomic E-state index is 9.51. The predicted molar refractivity (Wildman–Crippen MR) is 93.4 cm³/mol. The molecule has 0 aliphatic carbocycles. The van der Waals surface area contributed by atoms with Crippen LogP contribution in [0.5, 0.6) is 0 Å². The van der Waals surface area contributed by atoms with Gasteiger partial charge in [-0.15, -0.1) is 0 Å². The SMILES string of the molecule is CC(C)Nc1cc(-c2ccccn2)nc(N[C@H](CO)C(C)C)n1. The largest absolute Gasteiger partial charge is 0.394 e. The minimum absolute atomic E-state index is 0.0295. The summed E-state index contributed by atoms with van der Waals surface area (Å²) >= 11 is 0. The molecule has 0 saturated heterocycles. The summed E-state index contributed by atoms with van der Waals surface area (Å²) in [6.07, 6.45) is 1.74. The van der Waals surface area contributed by atoms with E-state index in [0.29, 0.717) is 5.95 Å². The summed E-state index contributed by atoms with van der Waals surface area (Å²) in [6, 6.07) is 7.76. The molecule has 0 fully saturated rings. The van der Waals surface area contributed by atoms with E-state index in [4.69, 9.17) is 0 Å². The Balaban J connectivity index is 2.37. The Kier molecular flexibility index (Phi) is 5.87.